The Balaban J connectivity index is 1.36. The number of benzene rings is 1. The van der Waals surface area contributed by atoms with Crippen molar-refractivity contribution in [2.75, 3.05) is 18.4 Å². The number of aromatic nitrogens is 1. The van der Waals surface area contributed by atoms with E-state index in [1.54, 1.807) is 6.20 Å². The van der Waals surface area contributed by atoms with Gasteiger partial charge in [0.15, 0.2) is 5.76 Å². The van der Waals surface area contributed by atoms with Crippen LogP contribution in [0.3, 0.4) is 0 Å². The quantitative estimate of drug-likeness (QED) is 0.934. The lowest BCUT2D eigenvalue weighted by molar-refractivity contribution is -0.133. The molecule has 1 aromatic carbocycles. The number of likely N-dealkylation sites (tertiary alicyclic amines) is 1. The topological polar surface area (TPSA) is 58.4 Å². The van der Waals surface area contributed by atoms with Gasteiger partial charge < -0.3 is 14.6 Å². The molecule has 1 atom stereocenters. The van der Waals surface area contributed by atoms with E-state index in [9.17, 15) is 4.79 Å². The summed E-state index contributed by atoms with van der Waals surface area (Å²) in [5.41, 5.74) is 1.56. The van der Waals surface area contributed by atoms with E-state index in [0.29, 0.717) is 17.2 Å². The molecule has 1 saturated carbocycles. The number of hydrogen-bond donors (Lipinski definition) is 1. The summed E-state index contributed by atoms with van der Waals surface area (Å²) in [5.74, 6) is 0.830. The summed E-state index contributed by atoms with van der Waals surface area (Å²) in [6, 6.07) is 9.89. The maximum Gasteiger partial charge on any atom is 0.295 e. The highest BCUT2D eigenvalue weighted by molar-refractivity contribution is 5.83. The Morgan fingerprint density at radius 1 is 1.21 bits per heavy atom. The molecule has 24 heavy (non-hydrogen) atoms. The van der Waals surface area contributed by atoms with Crippen molar-refractivity contribution in [3.8, 4) is 11.3 Å². The van der Waals surface area contributed by atoms with Crippen LogP contribution >= 0.6 is 0 Å². The molecule has 1 aromatic heterocycles. The number of anilines is 1. The maximum absolute atomic E-state index is 12.6. The first-order valence-electron chi connectivity index (χ1n) is 8.72. The van der Waals surface area contributed by atoms with Gasteiger partial charge in [-0.2, -0.15) is 0 Å². The number of carbonyl (C=O) groups excluding carboxylic acids is 1. The van der Waals surface area contributed by atoms with Gasteiger partial charge in [-0.15, -0.1) is 0 Å². The minimum Gasteiger partial charge on any atom is -0.424 e. The van der Waals surface area contributed by atoms with E-state index in [-0.39, 0.29) is 11.9 Å². The van der Waals surface area contributed by atoms with E-state index in [2.05, 4.69) is 10.3 Å². The summed E-state index contributed by atoms with van der Waals surface area (Å²) < 4.78 is 5.73. The van der Waals surface area contributed by atoms with Gasteiger partial charge in [0, 0.05) is 18.7 Å². The van der Waals surface area contributed by atoms with Crippen molar-refractivity contribution >= 4 is 11.9 Å². The second-order valence-electron chi connectivity index (χ2n) is 7.09. The average molecular weight is 325 g/mol. The van der Waals surface area contributed by atoms with Crippen LogP contribution in [-0.4, -0.2) is 34.9 Å². The minimum absolute atomic E-state index is 0.130. The molecule has 5 nitrogen and oxygen atoms in total. The predicted molar refractivity (Wildman–Crippen MR) is 92.5 cm³/mol. The fourth-order valence-electron chi connectivity index (χ4n) is 3.48. The molecular weight excluding hydrogens is 302 g/mol. The Hall–Kier alpha value is -2.30. The fourth-order valence-corrected chi connectivity index (χ4v) is 3.48. The normalized spacial score (nSPS) is 20.0. The van der Waals surface area contributed by atoms with Crippen molar-refractivity contribution in [2.45, 2.75) is 38.6 Å². The highest BCUT2D eigenvalue weighted by Crippen LogP contribution is 2.53. The standard InChI is InChI=1S/C19H23N3O2/c1-14(17(23)22-11-9-19(7-8-19)10-12-22)21-18-20-13-16(24-18)15-5-3-2-4-6-15/h2-6,13-14H,7-12H2,1H3,(H,20,21). The van der Waals surface area contributed by atoms with Gasteiger partial charge in [0.1, 0.15) is 6.04 Å². The lowest BCUT2D eigenvalue weighted by Gasteiger charge is -2.33. The molecule has 5 heteroatoms. The van der Waals surface area contributed by atoms with E-state index < -0.39 is 0 Å². The van der Waals surface area contributed by atoms with Crippen LogP contribution < -0.4 is 5.32 Å². The van der Waals surface area contributed by atoms with E-state index in [1.807, 2.05) is 42.2 Å². The number of hydrogen-bond acceptors (Lipinski definition) is 4. The number of amides is 1. The molecule has 1 amide bonds. The summed E-state index contributed by atoms with van der Waals surface area (Å²) in [4.78, 5) is 18.8. The Morgan fingerprint density at radius 2 is 1.92 bits per heavy atom. The molecule has 4 rings (SSSR count). The van der Waals surface area contributed by atoms with E-state index in [0.717, 1.165) is 31.5 Å². The van der Waals surface area contributed by atoms with Crippen molar-refractivity contribution in [1.82, 2.24) is 9.88 Å². The van der Waals surface area contributed by atoms with Crippen molar-refractivity contribution in [3.05, 3.63) is 36.5 Å². The van der Waals surface area contributed by atoms with E-state index >= 15 is 0 Å². The lowest BCUT2D eigenvalue weighted by Crippen LogP contribution is -2.45. The van der Waals surface area contributed by atoms with Gasteiger partial charge in [0.2, 0.25) is 5.91 Å². The molecule has 2 aliphatic rings. The SMILES string of the molecule is CC(Nc1ncc(-c2ccccc2)o1)C(=O)N1CCC2(CC1)CC2. The summed E-state index contributed by atoms with van der Waals surface area (Å²) in [6.07, 6.45) is 6.70. The summed E-state index contributed by atoms with van der Waals surface area (Å²) >= 11 is 0. The lowest BCUT2D eigenvalue weighted by atomic mass is 9.93. The summed E-state index contributed by atoms with van der Waals surface area (Å²) in [5, 5.41) is 3.10. The highest BCUT2D eigenvalue weighted by Gasteiger charge is 2.45. The molecule has 2 aromatic rings. The van der Waals surface area contributed by atoms with E-state index in [4.69, 9.17) is 4.42 Å². The van der Waals surface area contributed by atoms with Gasteiger partial charge >= 0.3 is 0 Å². The summed E-state index contributed by atoms with van der Waals surface area (Å²) in [7, 11) is 0. The van der Waals surface area contributed by atoms with Crippen molar-refractivity contribution in [2.24, 2.45) is 5.41 Å². The zero-order chi connectivity index (χ0) is 16.6. The first-order valence-corrected chi connectivity index (χ1v) is 8.72. The van der Waals surface area contributed by atoms with Crippen LogP contribution in [0.1, 0.15) is 32.6 Å². The van der Waals surface area contributed by atoms with Crippen LogP contribution in [0.15, 0.2) is 40.9 Å². The molecule has 1 unspecified atom stereocenters. The van der Waals surface area contributed by atoms with Crippen molar-refractivity contribution in [3.63, 3.8) is 0 Å². The number of nitrogens with zero attached hydrogens (tertiary/aromatic N) is 2. The second kappa shape index (κ2) is 5.96. The molecule has 0 bridgehead atoms. The molecule has 1 aliphatic heterocycles. The van der Waals surface area contributed by atoms with Gasteiger partial charge in [0.05, 0.1) is 6.20 Å². The number of oxazole rings is 1. The number of piperidine rings is 1. The Bertz CT molecular complexity index is 711. The molecular formula is C19H23N3O2. The monoisotopic (exact) mass is 325 g/mol. The van der Waals surface area contributed by atoms with Crippen molar-refractivity contribution in [1.29, 1.82) is 0 Å². The van der Waals surface area contributed by atoms with Crippen molar-refractivity contribution < 1.29 is 9.21 Å². The maximum atomic E-state index is 12.6. The zero-order valence-electron chi connectivity index (χ0n) is 14.0. The van der Waals surface area contributed by atoms with E-state index in [1.165, 1.54) is 12.8 Å². The summed E-state index contributed by atoms with van der Waals surface area (Å²) in [6.45, 7) is 3.63. The molecule has 126 valence electrons. The third-order valence-corrected chi connectivity index (χ3v) is 5.37. The largest absolute Gasteiger partial charge is 0.424 e. The predicted octanol–water partition coefficient (Wildman–Crippen LogP) is 3.54. The third-order valence-electron chi connectivity index (χ3n) is 5.37. The molecule has 0 radical (unpaired) electrons. The third kappa shape index (κ3) is 3.03. The van der Waals surface area contributed by atoms with Crippen LogP contribution in [0.2, 0.25) is 0 Å². The Morgan fingerprint density at radius 3 is 2.58 bits per heavy atom. The first-order chi connectivity index (χ1) is 11.7. The first kappa shape index (κ1) is 15.2. The van der Waals surface area contributed by atoms with Crippen LogP contribution in [0.5, 0.6) is 0 Å². The number of rotatable bonds is 4. The van der Waals surface area contributed by atoms with Crippen LogP contribution in [0, 0.1) is 5.41 Å². The Kier molecular flexibility index (Phi) is 3.79. The zero-order valence-corrected chi connectivity index (χ0v) is 14.0. The molecule has 1 aliphatic carbocycles. The van der Waals surface area contributed by atoms with Gasteiger partial charge in [0.25, 0.3) is 6.01 Å². The number of carbonyl (C=O) groups is 1. The highest BCUT2D eigenvalue weighted by atomic mass is 16.4. The minimum atomic E-state index is -0.333. The van der Waals surface area contributed by atoms with Gasteiger partial charge in [-0.3, -0.25) is 4.79 Å². The van der Waals surface area contributed by atoms with Gasteiger partial charge in [-0.25, -0.2) is 4.98 Å². The molecule has 1 spiro atoms. The smallest absolute Gasteiger partial charge is 0.295 e. The number of nitrogens with one attached hydrogen (secondary N) is 1. The molecule has 2 fully saturated rings. The van der Waals surface area contributed by atoms with Crippen LogP contribution in [0.4, 0.5) is 6.01 Å². The van der Waals surface area contributed by atoms with Crippen LogP contribution in [-0.2, 0) is 4.79 Å². The Labute approximate surface area is 142 Å². The fraction of sp³-hybridized carbons (Fsp3) is 0.474. The molecule has 2 heterocycles. The average Bonchev–Trinajstić information content (AvgIpc) is 3.20. The van der Waals surface area contributed by atoms with Crippen LogP contribution in [0.25, 0.3) is 11.3 Å². The van der Waals surface area contributed by atoms with Gasteiger partial charge in [-0.05, 0) is 38.0 Å². The second-order valence-corrected chi connectivity index (χ2v) is 7.09. The molecule has 1 N–H and O–H groups in total. The van der Waals surface area contributed by atoms with Gasteiger partial charge in [-0.1, -0.05) is 30.3 Å². The molecule has 1 saturated heterocycles.